The Kier molecular flexibility index (Phi) is 12.2. The van der Waals surface area contributed by atoms with Crippen LogP contribution in [0.3, 0.4) is 0 Å². The van der Waals surface area contributed by atoms with Crippen LogP contribution in [0.4, 0.5) is 0 Å². The molecule has 1 rings (SSSR count). The van der Waals surface area contributed by atoms with Crippen molar-refractivity contribution in [2.45, 2.75) is 90.1 Å². The first-order valence-electron chi connectivity index (χ1n) is 10.9. The zero-order valence-electron chi connectivity index (χ0n) is 17.7. The Labute approximate surface area is 167 Å². The number of sulfone groups is 1. The highest BCUT2D eigenvalue weighted by atomic mass is 32.2. The molecule has 1 aliphatic heterocycles. The van der Waals surface area contributed by atoms with Crippen molar-refractivity contribution in [3.63, 3.8) is 0 Å². The highest BCUT2D eigenvalue weighted by Crippen LogP contribution is 2.31. The van der Waals surface area contributed by atoms with Crippen LogP contribution < -0.4 is 0 Å². The van der Waals surface area contributed by atoms with E-state index < -0.39 is 9.84 Å². The van der Waals surface area contributed by atoms with Gasteiger partial charge in [-0.25, -0.2) is 8.42 Å². The number of hydrogen-bond donors (Lipinski definition) is 0. The molecule has 1 aliphatic rings. The molecule has 0 saturated carbocycles. The molecule has 2 atom stereocenters. The molecule has 6 heteroatoms. The third-order valence-corrected chi connectivity index (χ3v) is 7.21. The van der Waals surface area contributed by atoms with E-state index in [9.17, 15) is 13.2 Å². The average Bonchev–Trinajstić information content (AvgIpc) is 2.59. The molecular formula is C21H41NO4S. The lowest BCUT2D eigenvalue weighted by molar-refractivity contribution is -0.186. The van der Waals surface area contributed by atoms with Crippen LogP contribution in [-0.2, 0) is 19.4 Å². The van der Waals surface area contributed by atoms with Gasteiger partial charge in [-0.05, 0) is 46.3 Å². The van der Waals surface area contributed by atoms with Gasteiger partial charge in [0.15, 0.2) is 0 Å². The molecule has 0 bridgehead atoms. The second-order valence-electron chi connectivity index (χ2n) is 8.30. The number of esters is 1. The number of ether oxygens (including phenoxy) is 1. The lowest BCUT2D eigenvalue weighted by atomic mass is 9.88. The number of cyclic esters (lactones) is 1. The fraction of sp³-hybridized carbons (Fsp3) is 0.952. The van der Waals surface area contributed by atoms with Gasteiger partial charge in [0.05, 0.1) is 17.4 Å². The third-order valence-electron chi connectivity index (χ3n) is 5.39. The highest BCUT2D eigenvalue weighted by Gasteiger charge is 2.41. The van der Waals surface area contributed by atoms with E-state index in [0.29, 0.717) is 19.3 Å². The van der Waals surface area contributed by atoms with Gasteiger partial charge in [0.25, 0.3) is 0 Å². The quantitative estimate of drug-likeness (QED) is 0.269. The zero-order chi connectivity index (χ0) is 20.1. The second-order valence-corrected chi connectivity index (χ2v) is 10.6. The van der Waals surface area contributed by atoms with Crippen molar-refractivity contribution in [1.29, 1.82) is 0 Å². The summed E-state index contributed by atoms with van der Waals surface area (Å²) in [5.41, 5.74) is 0. The number of hydrogen-bond acceptors (Lipinski definition) is 5. The van der Waals surface area contributed by atoms with Crippen LogP contribution >= 0.6 is 0 Å². The van der Waals surface area contributed by atoms with Gasteiger partial charge in [0, 0.05) is 0 Å². The highest BCUT2D eigenvalue weighted by molar-refractivity contribution is 7.91. The first-order valence-corrected chi connectivity index (χ1v) is 12.7. The number of rotatable bonds is 17. The Hall–Kier alpha value is -0.620. The average molecular weight is 404 g/mol. The van der Waals surface area contributed by atoms with Crippen LogP contribution in [0.5, 0.6) is 0 Å². The lowest BCUT2D eigenvalue weighted by Gasteiger charge is -2.35. The largest absolute Gasteiger partial charge is 0.461 e. The molecule has 5 nitrogen and oxygen atoms in total. The molecule has 0 aromatic carbocycles. The molecule has 27 heavy (non-hydrogen) atoms. The molecule has 0 amide bonds. The molecule has 1 heterocycles. The number of nitrogens with zero attached hydrogens (tertiary/aromatic N) is 1. The van der Waals surface area contributed by atoms with Gasteiger partial charge < -0.3 is 9.64 Å². The smallest absolute Gasteiger partial charge is 0.313 e. The summed E-state index contributed by atoms with van der Waals surface area (Å²) in [4.78, 5) is 13.7. The molecule has 0 aromatic rings. The molecule has 0 unspecified atom stereocenters. The Bertz CT molecular complexity index is 504. The van der Waals surface area contributed by atoms with E-state index in [1.807, 2.05) is 19.0 Å². The molecule has 0 spiro atoms. The molecule has 1 fully saturated rings. The van der Waals surface area contributed by atoms with E-state index in [-0.39, 0.29) is 29.5 Å². The normalized spacial score (nSPS) is 19.9. The Morgan fingerprint density at radius 3 is 2.04 bits per heavy atom. The maximum absolute atomic E-state index is 12.1. The molecule has 0 N–H and O–H groups in total. The van der Waals surface area contributed by atoms with Gasteiger partial charge in [-0.2, -0.15) is 0 Å². The van der Waals surface area contributed by atoms with E-state index in [1.165, 1.54) is 44.9 Å². The summed E-state index contributed by atoms with van der Waals surface area (Å²) in [5, 5.41) is 0. The van der Waals surface area contributed by atoms with Crippen molar-refractivity contribution in [2.75, 3.05) is 32.1 Å². The third kappa shape index (κ3) is 11.1. The lowest BCUT2D eigenvalue weighted by Crippen LogP contribution is -2.45. The summed E-state index contributed by atoms with van der Waals surface area (Å²) in [7, 11) is 0.908. The summed E-state index contributed by atoms with van der Waals surface area (Å²) in [5.74, 6) is 0.370. The van der Waals surface area contributed by atoms with E-state index in [4.69, 9.17) is 4.74 Å². The van der Waals surface area contributed by atoms with Crippen LogP contribution in [-0.4, -0.2) is 57.5 Å². The van der Waals surface area contributed by atoms with Crippen molar-refractivity contribution in [2.24, 2.45) is 5.92 Å². The van der Waals surface area contributed by atoms with Gasteiger partial charge >= 0.3 is 5.97 Å². The number of carbonyl (C=O) groups excluding carboxylic acids is 1. The molecule has 0 aliphatic carbocycles. The Balaban J connectivity index is 2.11. The first kappa shape index (κ1) is 24.4. The van der Waals surface area contributed by atoms with Crippen molar-refractivity contribution in [1.82, 2.24) is 4.90 Å². The Morgan fingerprint density at radius 2 is 1.44 bits per heavy atom. The second kappa shape index (κ2) is 13.5. The molecular weight excluding hydrogens is 362 g/mol. The van der Waals surface area contributed by atoms with E-state index in [0.717, 1.165) is 19.4 Å². The Morgan fingerprint density at radius 1 is 0.852 bits per heavy atom. The minimum Gasteiger partial charge on any atom is -0.461 e. The van der Waals surface area contributed by atoms with Gasteiger partial charge in [-0.15, -0.1) is 0 Å². The monoisotopic (exact) mass is 403 g/mol. The van der Waals surface area contributed by atoms with E-state index in [1.54, 1.807) is 0 Å². The van der Waals surface area contributed by atoms with Gasteiger partial charge in [-0.1, -0.05) is 58.3 Å². The predicted octanol–water partition coefficient (Wildman–Crippen LogP) is 4.21. The molecule has 1 saturated heterocycles. The molecule has 0 radical (unpaired) electrons. The van der Waals surface area contributed by atoms with E-state index in [2.05, 4.69) is 6.92 Å². The summed E-state index contributed by atoms with van der Waals surface area (Å²) < 4.78 is 29.4. The maximum atomic E-state index is 12.1. The maximum Gasteiger partial charge on any atom is 0.313 e. The van der Waals surface area contributed by atoms with Crippen LogP contribution in [0, 0.1) is 5.92 Å². The first-order chi connectivity index (χ1) is 12.9. The minimum absolute atomic E-state index is 0.00142. The molecule has 0 aromatic heterocycles. The minimum atomic E-state index is -2.99. The summed E-state index contributed by atoms with van der Waals surface area (Å²) >= 11 is 0. The predicted molar refractivity (Wildman–Crippen MR) is 112 cm³/mol. The van der Waals surface area contributed by atoms with Crippen LogP contribution in [0.1, 0.15) is 84.0 Å². The van der Waals surface area contributed by atoms with Crippen LogP contribution in [0.15, 0.2) is 0 Å². The standard InChI is InChI=1S/C21H41NO4S/c1-4-5-6-7-8-9-10-11-14-19-20(26-21(19)23)15-12-17-27(24,25)18-13-16-22(2)3/h19-20H,4-18H2,1-3H3/t19-,20-/m0/s1. The van der Waals surface area contributed by atoms with Gasteiger partial charge in [0.2, 0.25) is 0 Å². The van der Waals surface area contributed by atoms with Crippen molar-refractivity contribution < 1.29 is 17.9 Å². The van der Waals surface area contributed by atoms with Crippen molar-refractivity contribution in [3.8, 4) is 0 Å². The SMILES string of the molecule is CCCCCCCCCC[C@@H]1C(=O)O[C@H]1CCCS(=O)(=O)CCCN(C)C. The molecule has 160 valence electrons. The van der Waals surface area contributed by atoms with Crippen LogP contribution in [0.25, 0.3) is 0 Å². The van der Waals surface area contributed by atoms with Crippen molar-refractivity contribution in [3.05, 3.63) is 0 Å². The summed E-state index contributed by atoms with van der Waals surface area (Å²) in [6.07, 6.45) is 12.9. The number of carbonyl (C=O) groups is 1. The fourth-order valence-corrected chi connectivity index (χ4v) is 5.05. The summed E-state index contributed by atoms with van der Waals surface area (Å²) in [6.45, 7) is 3.02. The fourth-order valence-electron chi connectivity index (χ4n) is 3.67. The van der Waals surface area contributed by atoms with Gasteiger partial charge in [-0.3, -0.25) is 4.79 Å². The van der Waals surface area contributed by atoms with Crippen molar-refractivity contribution >= 4 is 15.8 Å². The number of unbranched alkanes of at least 4 members (excludes halogenated alkanes) is 7. The topological polar surface area (TPSA) is 63.7 Å². The zero-order valence-corrected chi connectivity index (χ0v) is 18.6. The van der Waals surface area contributed by atoms with Crippen LogP contribution in [0.2, 0.25) is 0 Å². The van der Waals surface area contributed by atoms with Gasteiger partial charge in [0.1, 0.15) is 15.9 Å². The summed E-state index contributed by atoms with van der Waals surface area (Å²) in [6, 6.07) is 0. The van der Waals surface area contributed by atoms with E-state index >= 15 is 0 Å².